The van der Waals surface area contributed by atoms with Gasteiger partial charge < -0.3 is 24.7 Å². The van der Waals surface area contributed by atoms with Crippen molar-refractivity contribution in [1.29, 1.82) is 0 Å². The number of nitrogens with one attached hydrogen (secondary N) is 1. The molecule has 0 radical (unpaired) electrons. The fourth-order valence-electron chi connectivity index (χ4n) is 3.82. The molecule has 162 valence electrons. The Hall–Kier alpha value is -3.33. The lowest BCUT2D eigenvalue weighted by atomic mass is 10.1. The molecular formula is C21H22ClN5O4. The predicted octanol–water partition coefficient (Wildman–Crippen LogP) is 3.55. The van der Waals surface area contributed by atoms with Crippen molar-refractivity contribution < 1.29 is 18.9 Å². The highest BCUT2D eigenvalue weighted by Gasteiger charge is 2.28. The molecule has 1 unspecified atom stereocenters. The van der Waals surface area contributed by atoms with Crippen LogP contribution >= 0.6 is 11.6 Å². The van der Waals surface area contributed by atoms with Gasteiger partial charge in [0.2, 0.25) is 5.95 Å². The molecule has 2 aromatic carbocycles. The Morgan fingerprint density at radius 1 is 1.23 bits per heavy atom. The molecule has 31 heavy (non-hydrogen) atoms. The number of ether oxygens (including phenoxy) is 4. The molecule has 0 amide bonds. The minimum absolute atomic E-state index is 0.255. The van der Waals surface area contributed by atoms with Crippen molar-refractivity contribution in [3.63, 3.8) is 0 Å². The lowest BCUT2D eigenvalue weighted by Crippen LogP contribution is -2.31. The lowest BCUT2D eigenvalue weighted by Gasteiger charge is -2.25. The minimum Gasteiger partial charge on any atom is -0.493 e. The normalized spacial score (nSPS) is 17.4. The number of nitrogens with two attached hydrogens (primary N) is 1. The number of aromatic nitrogens is 2. The number of imidazole rings is 1. The Balaban J connectivity index is 1.68. The van der Waals surface area contributed by atoms with Crippen LogP contribution in [0.3, 0.4) is 0 Å². The second-order valence-electron chi connectivity index (χ2n) is 7.12. The highest BCUT2D eigenvalue weighted by atomic mass is 35.5. The highest BCUT2D eigenvalue weighted by molar-refractivity contribution is 6.32. The summed E-state index contributed by atoms with van der Waals surface area (Å²) in [5.41, 5.74) is 8.43. The summed E-state index contributed by atoms with van der Waals surface area (Å²) in [5.74, 6) is 3.19. The largest absolute Gasteiger partial charge is 0.493 e. The molecule has 3 N–H and O–H groups in total. The highest BCUT2D eigenvalue weighted by Crippen LogP contribution is 2.42. The van der Waals surface area contributed by atoms with E-state index in [4.69, 9.17) is 41.3 Å². The third kappa shape index (κ3) is 3.34. The van der Waals surface area contributed by atoms with E-state index >= 15 is 0 Å². The van der Waals surface area contributed by atoms with Gasteiger partial charge >= 0.3 is 0 Å². The molecule has 3 heterocycles. The van der Waals surface area contributed by atoms with Gasteiger partial charge in [0.05, 0.1) is 43.0 Å². The Morgan fingerprint density at radius 2 is 2.00 bits per heavy atom. The molecule has 9 nitrogen and oxygen atoms in total. The molecule has 0 fully saturated rings. The summed E-state index contributed by atoms with van der Waals surface area (Å²) in [4.78, 5) is 9.31. The van der Waals surface area contributed by atoms with Crippen molar-refractivity contribution in [2.24, 2.45) is 10.7 Å². The first-order chi connectivity index (χ1) is 15.1. The van der Waals surface area contributed by atoms with E-state index in [2.05, 4.69) is 10.3 Å². The van der Waals surface area contributed by atoms with Gasteiger partial charge in [0.25, 0.3) is 0 Å². The van der Waals surface area contributed by atoms with E-state index in [1.165, 1.54) is 0 Å². The molecule has 0 aliphatic carbocycles. The van der Waals surface area contributed by atoms with Crippen molar-refractivity contribution in [1.82, 2.24) is 9.55 Å². The fraction of sp³-hybridized carbons (Fsp3) is 0.333. The topological polar surface area (TPSA) is 105 Å². The molecule has 10 heteroatoms. The van der Waals surface area contributed by atoms with Crippen LogP contribution in [0, 0.1) is 0 Å². The first-order valence-electron chi connectivity index (χ1n) is 10.0. The van der Waals surface area contributed by atoms with Gasteiger partial charge in [-0.2, -0.15) is 0 Å². The lowest BCUT2D eigenvalue weighted by molar-refractivity contribution is 0.297. The van der Waals surface area contributed by atoms with Crippen LogP contribution in [0.5, 0.6) is 23.0 Å². The summed E-state index contributed by atoms with van der Waals surface area (Å²) < 4.78 is 24.8. The monoisotopic (exact) mass is 443 g/mol. The zero-order valence-corrected chi connectivity index (χ0v) is 17.9. The van der Waals surface area contributed by atoms with E-state index in [0.29, 0.717) is 53.8 Å². The number of anilines is 1. The van der Waals surface area contributed by atoms with Gasteiger partial charge in [-0.3, -0.25) is 9.88 Å². The van der Waals surface area contributed by atoms with Crippen molar-refractivity contribution in [3.05, 3.63) is 34.9 Å². The van der Waals surface area contributed by atoms with E-state index in [9.17, 15) is 0 Å². The summed E-state index contributed by atoms with van der Waals surface area (Å²) in [7, 11) is 1.57. The number of methoxy groups -OCH3 is 1. The van der Waals surface area contributed by atoms with E-state index in [1.807, 2.05) is 29.7 Å². The second-order valence-corrected chi connectivity index (χ2v) is 7.53. The molecule has 0 saturated carbocycles. The molecule has 0 saturated heterocycles. The standard InChI is InChI=1S/C21H22ClN5O4/c1-3-29-18-12(22)7-11(8-17(18)28-2)19-25-20(23)26-21-24-13-9-15-16(10-14(13)27(19)21)31-6-4-5-30-15/h7-10,19H,3-6H2,1-2H3,(H3,23,24,25,26). The number of nitrogens with zero attached hydrogens (tertiary/aromatic N) is 3. The van der Waals surface area contributed by atoms with Crippen LogP contribution in [0.15, 0.2) is 29.3 Å². The predicted molar refractivity (Wildman–Crippen MR) is 118 cm³/mol. The number of guanidine groups is 1. The van der Waals surface area contributed by atoms with Crippen molar-refractivity contribution >= 4 is 34.5 Å². The van der Waals surface area contributed by atoms with E-state index < -0.39 is 6.17 Å². The maximum Gasteiger partial charge on any atom is 0.212 e. The first kappa shape index (κ1) is 19.6. The molecule has 1 aromatic heterocycles. The quantitative estimate of drug-likeness (QED) is 0.635. The van der Waals surface area contributed by atoms with Gasteiger partial charge in [-0.1, -0.05) is 11.6 Å². The first-order valence-corrected chi connectivity index (χ1v) is 10.4. The summed E-state index contributed by atoms with van der Waals surface area (Å²) in [6.07, 6.45) is 0.320. The summed E-state index contributed by atoms with van der Waals surface area (Å²) in [6, 6.07) is 7.45. The van der Waals surface area contributed by atoms with Gasteiger partial charge in [0.15, 0.2) is 35.1 Å². The zero-order valence-electron chi connectivity index (χ0n) is 17.1. The third-order valence-corrected chi connectivity index (χ3v) is 5.42. The van der Waals surface area contributed by atoms with Crippen LogP contribution < -0.4 is 30.0 Å². The maximum atomic E-state index is 6.52. The van der Waals surface area contributed by atoms with E-state index in [0.717, 1.165) is 23.0 Å². The van der Waals surface area contributed by atoms with Crippen molar-refractivity contribution in [2.45, 2.75) is 19.5 Å². The number of hydrogen-bond donors (Lipinski definition) is 2. The Kier molecular flexibility index (Phi) is 4.90. The zero-order chi connectivity index (χ0) is 21.5. The maximum absolute atomic E-state index is 6.52. The second kappa shape index (κ2) is 7.73. The molecule has 5 rings (SSSR count). The summed E-state index contributed by atoms with van der Waals surface area (Å²) >= 11 is 6.52. The molecule has 1 atom stereocenters. The average molecular weight is 444 g/mol. The Morgan fingerprint density at radius 3 is 2.74 bits per heavy atom. The van der Waals surface area contributed by atoms with Crippen molar-refractivity contribution in [2.75, 3.05) is 32.2 Å². The number of hydrogen-bond acceptors (Lipinski definition) is 8. The summed E-state index contributed by atoms with van der Waals surface area (Å²) in [6.45, 7) is 3.56. The van der Waals surface area contributed by atoms with Crippen LogP contribution in [0.25, 0.3) is 11.0 Å². The van der Waals surface area contributed by atoms with E-state index in [-0.39, 0.29) is 5.96 Å². The number of fused-ring (bicyclic) bond motifs is 4. The van der Waals surface area contributed by atoms with Gasteiger partial charge in [-0.05, 0) is 19.1 Å². The number of halogens is 1. The van der Waals surface area contributed by atoms with Gasteiger partial charge in [-0.25, -0.2) is 9.98 Å². The number of rotatable bonds is 4. The van der Waals surface area contributed by atoms with E-state index in [1.54, 1.807) is 13.2 Å². The molecule has 0 spiro atoms. The van der Waals surface area contributed by atoms with Crippen LogP contribution in [0.1, 0.15) is 25.1 Å². The minimum atomic E-state index is -0.506. The third-order valence-electron chi connectivity index (χ3n) is 5.14. The molecular weight excluding hydrogens is 422 g/mol. The number of aliphatic imine (C=N–C) groups is 1. The molecule has 2 aliphatic heterocycles. The van der Waals surface area contributed by atoms with Crippen LogP contribution in [-0.4, -0.2) is 42.4 Å². The Labute approximate surface area is 183 Å². The van der Waals surface area contributed by atoms with Gasteiger partial charge in [-0.15, -0.1) is 0 Å². The van der Waals surface area contributed by atoms with Crippen molar-refractivity contribution in [3.8, 4) is 23.0 Å². The number of benzene rings is 2. The molecule has 2 aliphatic rings. The fourth-order valence-corrected chi connectivity index (χ4v) is 4.09. The van der Waals surface area contributed by atoms with Gasteiger partial charge in [0.1, 0.15) is 0 Å². The van der Waals surface area contributed by atoms with Crippen LogP contribution in [0.4, 0.5) is 5.95 Å². The SMILES string of the molecule is CCOc1c(Cl)cc(C2N=C(N)Nc3nc4cc5c(cc4n32)OCCCO5)cc1OC. The smallest absolute Gasteiger partial charge is 0.212 e. The Bertz CT molecular complexity index is 1190. The van der Waals surface area contributed by atoms with Gasteiger partial charge in [0, 0.05) is 24.1 Å². The molecule has 0 bridgehead atoms. The van der Waals surface area contributed by atoms with Crippen LogP contribution in [0.2, 0.25) is 5.02 Å². The molecule has 3 aromatic rings. The average Bonchev–Trinajstić information content (AvgIpc) is 2.94. The van der Waals surface area contributed by atoms with Crippen LogP contribution in [-0.2, 0) is 0 Å². The summed E-state index contributed by atoms with van der Waals surface area (Å²) in [5, 5.41) is 3.47.